The number of benzene rings is 1. The van der Waals surface area contributed by atoms with Gasteiger partial charge < -0.3 is 9.84 Å². The van der Waals surface area contributed by atoms with E-state index in [9.17, 15) is 5.11 Å². The van der Waals surface area contributed by atoms with Crippen molar-refractivity contribution >= 4 is 23.2 Å². The van der Waals surface area contributed by atoms with E-state index in [1.54, 1.807) is 16.8 Å². The maximum atomic E-state index is 9.33. The van der Waals surface area contributed by atoms with Crippen LogP contribution in [-0.4, -0.2) is 19.9 Å². The molecular formula is C13H15Cl2N3O2. The van der Waals surface area contributed by atoms with E-state index in [2.05, 4.69) is 17.0 Å². The predicted molar refractivity (Wildman–Crippen MR) is 77.0 cm³/mol. The number of aliphatic hydroxyl groups excluding tert-OH is 1. The van der Waals surface area contributed by atoms with Crippen molar-refractivity contribution in [1.82, 2.24) is 14.8 Å². The largest absolute Gasteiger partial charge is 0.484 e. The van der Waals surface area contributed by atoms with Gasteiger partial charge in [0.05, 0.1) is 11.6 Å². The Bertz CT molecular complexity index is 587. The summed E-state index contributed by atoms with van der Waals surface area (Å²) in [6, 6.07) is 3.20. The Labute approximate surface area is 127 Å². The van der Waals surface area contributed by atoms with Crippen LogP contribution in [0.5, 0.6) is 5.75 Å². The predicted octanol–water partition coefficient (Wildman–Crippen LogP) is 3.07. The molecule has 0 radical (unpaired) electrons. The molecule has 1 heterocycles. The maximum Gasteiger partial charge on any atom is 0.164 e. The quantitative estimate of drug-likeness (QED) is 0.890. The van der Waals surface area contributed by atoms with Gasteiger partial charge in [-0.15, -0.1) is 0 Å². The van der Waals surface area contributed by atoms with Gasteiger partial charge in [0.15, 0.2) is 5.82 Å². The molecule has 0 bridgehead atoms. The Hall–Kier alpha value is -1.30. The molecule has 2 rings (SSSR count). The van der Waals surface area contributed by atoms with Gasteiger partial charge in [0.1, 0.15) is 18.7 Å². The number of rotatable bonds is 6. The van der Waals surface area contributed by atoms with Crippen LogP contribution in [0.3, 0.4) is 0 Å². The van der Waals surface area contributed by atoms with E-state index < -0.39 is 0 Å². The molecule has 0 aliphatic rings. The SMILES string of the molecule is CCCn1ncnc1COc1c(Cl)cc(Cl)cc1CO. The summed E-state index contributed by atoms with van der Waals surface area (Å²) in [6.45, 7) is 2.87. The summed E-state index contributed by atoms with van der Waals surface area (Å²) >= 11 is 12.0. The molecule has 0 spiro atoms. The lowest BCUT2D eigenvalue weighted by atomic mass is 10.2. The van der Waals surface area contributed by atoms with E-state index in [0.717, 1.165) is 13.0 Å². The van der Waals surface area contributed by atoms with Crippen molar-refractivity contribution in [2.45, 2.75) is 33.1 Å². The van der Waals surface area contributed by atoms with E-state index in [1.807, 2.05) is 0 Å². The second kappa shape index (κ2) is 6.92. The summed E-state index contributed by atoms with van der Waals surface area (Å²) in [5.74, 6) is 1.13. The number of ether oxygens (including phenoxy) is 1. The fourth-order valence-electron chi connectivity index (χ4n) is 1.83. The van der Waals surface area contributed by atoms with E-state index in [0.29, 0.717) is 27.2 Å². The average Bonchev–Trinajstić information content (AvgIpc) is 2.85. The molecule has 1 aromatic heterocycles. The number of aryl methyl sites for hydroxylation is 1. The zero-order chi connectivity index (χ0) is 14.5. The molecule has 0 atom stereocenters. The summed E-state index contributed by atoms with van der Waals surface area (Å²) in [5, 5.41) is 14.3. The van der Waals surface area contributed by atoms with Gasteiger partial charge in [0, 0.05) is 17.1 Å². The first-order chi connectivity index (χ1) is 9.65. The minimum atomic E-state index is -0.197. The van der Waals surface area contributed by atoms with E-state index in [1.165, 1.54) is 6.33 Å². The molecule has 5 nitrogen and oxygen atoms in total. The van der Waals surface area contributed by atoms with Crippen molar-refractivity contribution in [3.8, 4) is 5.75 Å². The first-order valence-corrected chi connectivity index (χ1v) is 6.99. The minimum absolute atomic E-state index is 0.197. The number of aliphatic hydroxyl groups is 1. The fourth-order valence-corrected chi connectivity index (χ4v) is 2.42. The molecule has 2 aromatic rings. The molecule has 0 saturated carbocycles. The van der Waals surface area contributed by atoms with Gasteiger partial charge in [0.2, 0.25) is 0 Å². The first kappa shape index (κ1) is 15.1. The first-order valence-electron chi connectivity index (χ1n) is 6.24. The summed E-state index contributed by atoms with van der Waals surface area (Å²) in [4.78, 5) is 4.15. The molecule has 1 aromatic carbocycles. The van der Waals surface area contributed by atoms with Crippen LogP contribution in [-0.2, 0) is 19.8 Å². The lowest BCUT2D eigenvalue weighted by Gasteiger charge is -2.12. The monoisotopic (exact) mass is 315 g/mol. The van der Waals surface area contributed by atoms with Crippen molar-refractivity contribution in [2.24, 2.45) is 0 Å². The fraction of sp³-hybridized carbons (Fsp3) is 0.385. The van der Waals surface area contributed by atoms with Crippen LogP contribution >= 0.6 is 23.2 Å². The van der Waals surface area contributed by atoms with Gasteiger partial charge in [-0.1, -0.05) is 30.1 Å². The molecule has 20 heavy (non-hydrogen) atoms. The number of aromatic nitrogens is 3. The maximum absolute atomic E-state index is 9.33. The van der Waals surface area contributed by atoms with Crippen molar-refractivity contribution in [3.05, 3.63) is 39.9 Å². The topological polar surface area (TPSA) is 60.2 Å². The zero-order valence-corrected chi connectivity index (χ0v) is 12.5. The number of nitrogens with zero attached hydrogens (tertiary/aromatic N) is 3. The smallest absolute Gasteiger partial charge is 0.164 e. The normalized spacial score (nSPS) is 10.8. The summed E-state index contributed by atoms with van der Waals surface area (Å²) in [7, 11) is 0. The van der Waals surface area contributed by atoms with E-state index >= 15 is 0 Å². The van der Waals surface area contributed by atoms with Crippen molar-refractivity contribution in [1.29, 1.82) is 0 Å². The van der Waals surface area contributed by atoms with E-state index in [4.69, 9.17) is 27.9 Å². The molecule has 7 heteroatoms. The Morgan fingerprint density at radius 3 is 2.85 bits per heavy atom. The standard InChI is InChI=1S/C13H15Cl2N3O2/c1-2-3-18-12(16-8-17-18)7-20-13-9(6-19)4-10(14)5-11(13)15/h4-5,8,19H,2-3,6-7H2,1H3. The highest BCUT2D eigenvalue weighted by Gasteiger charge is 2.12. The van der Waals surface area contributed by atoms with Gasteiger partial charge in [-0.3, -0.25) is 0 Å². The van der Waals surface area contributed by atoms with Crippen LogP contribution in [0.2, 0.25) is 10.0 Å². The van der Waals surface area contributed by atoms with Gasteiger partial charge in [-0.25, -0.2) is 9.67 Å². The molecule has 0 amide bonds. The third-order valence-corrected chi connectivity index (χ3v) is 3.23. The second-order valence-corrected chi connectivity index (χ2v) is 5.07. The van der Waals surface area contributed by atoms with Crippen molar-refractivity contribution in [3.63, 3.8) is 0 Å². The molecule has 0 aliphatic heterocycles. The van der Waals surface area contributed by atoms with E-state index in [-0.39, 0.29) is 13.2 Å². The number of halogens is 2. The molecular weight excluding hydrogens is 301 g/mol. The third-order valence-electron chi connectivity index (χ3n) is 2.73. The highest BCUT2D eigenvalue weighted by atomic mass is 35.5. The lowest BCUT2D eigenvalue weighted by molar-refractivity contribution is 0.252. The van der Waals surface area contributed by atoms with Crippen LogP contribution in [0, 0.1) is 0 Å². The summed E-state index contributed by atoms with van der Waals surface area (Å²) < 4.78 is 7.45. The Morgan fingerprint density at radius 2 is 2.15 bits per heavy atom. The van der Waals surface area contributed by atoms with Crippen LogP contribution in [0.25, 0.3) is 0 Å². The minimum Gasteiger partial charge on any atom is -0.484 e. The Kier molecular flexibility index (Phi) is 5.23. The Morgan fingerprint density at radius 1 is 1.35 bits per heavy atom. The molecule has 0 fully saturated rings. The summed E-state index contributed by atoms with van der Waals surface area (Å²) in [5.41, 5.74) is 0.545. The highest BCUT2D eigenvalue weighted by molar-refractivity contribution is 6.35. The van der Waals surface area contributed by atoms with Gasteiger partial charge >= 0.3 is 0 Å². The molecule has 0 aliphatic carbocycles. The van der Waals surface area contributed by atoms with Crippen LogP contribution < -0.4 is 4.74 Å². The third kappa shape index (κ3) is 3.42. The zero-order valence-electron chi connectivity index (χ0n) is 11.0. The molecule has 1 N–H and O–H groups in total. The van der Waals surface area contributed by atoms with Crippen LogP contribution in [0.1, 0.15) is 24.7 Å². The second-order valence-electron chi connectivity index (χ2n) is 4.22. The van der Waals surface area contributed by atoms with Crippen molar-refractivity contribution in [2.75, 3.05) is 0 Å². The van der Waals surface area contributed by atoms with Gasteiger partial charge in [0.25, 0.3) is 0 Å². The number of hydrogen-bond acceptors (Lipinski definition) is 4. The van der Waals surface area contributed by atoms with Crippen LogP contribution in [0.15, 0.2) is 18.5 Å². The average molecular weight is 316 g/mol. The highest BCUT2D eigenvalue weighted by Crippen LogP contribution is 2.32. The summed E-state index contributed by atoms with van der Waals surface area (Å²) in [6.07, 6.45) is 2.45. The van der Waals surface area contributed by atoms with Gasteiger partial charge in [-0.2, -0.15) is 5.10 Å². The molecule has 108 valence electrons. The molecule has 0 saturated heterocycles. The Balaban J connectivity index is 2.16. The van der Waals surface area contributed by atoms with Gasteiger partial charge in [-0.05, 0) is 18.6 Å². The van der Waals surface area contributed by atoms with Crippen molar-refractivity contribution < 1.29 is 9.84 Å². The molecule has 0 unspecified atom stereocenters. The lowest BCUT2D eigenvalue weighted by Crippen LogP contribution is -2.09. The number of hydrogen-bond donors (Lipinski definition) is 1. The van der Waals surface area contributed by atoms with Crippen LogP contribution in [0.4, 0.5) is 0 Å².